The van der Waals surface area contributed by atoms with Gasteiger partial charge in [0, 0.05) is 18.2 Å². The molecular formula is C24H26N2O8. The molecule has 1 spiro atoms. The third kappa shape index (κ3) is 2.43. The highest BCUT2D eigenvalue weighted by Gasteiger charge is 2.85. The molecule has 4 heterocycles. The normalized spacial score (nSPS) is 33.9. The van der Waals surface area contributed by atoms with Gasteiger partial charge in [-0.25, -0.2) is 9.59 Å². The fourth-order valence-electron chi connectivity index (χ4n) is 6.25. The molecule has 0 N–H and O–H groups in total. The maximum Gasteiger partial charge on any atom is 0.348 e. The molecule has 0 aromatic heterocycles. The molecule has 0 radical (unpaired) electrons. The molecule has 0 saturated carbocycles. The fourth-order valence-corrected chi connectivity index (χ4v) is 6.25. The Morgan fingerprint density at radius 2 is 1.85 bits per heavy atom. The van der Waals surface area contributed by atoms with Crippen LogP contribution in [0.2, 0.25) is 0 Å². The van der Waals surface area contributed by atoms with Gasteiger partial charge in [-0.05, 0) is 25.8 Å². The van der Waals surface area contributed by atoms with E-state index < -0.39 is 53.1 Å². The van der Waals surface area contributed by atoms with Crippen molar-refractivity contribution in [2.45, 2.75) is 37.8 Å². The molecule has 180 valence electrons. The van der Waals surface area contributed by atoms with Gasteiger partial charge in [0.05, 0.1) is 32.4 Å². The van der Waals surface area contributed by atoms with E-state index in [0.29, 0.717) is 11.3 Å². The number of nitrogens with zero attached hydrogens (tertiary/aromatic N) is 2. The van der Waals surface area contributed by atoms with Gasteiger partial charge in [-0.2, -0.15) is 0 Å². The highest BCUT2D eigenvalue weighted by molar-refractivity contribution is 6.11. The first-order valence-electron chi connectivity index (χ1n) is 11.2. The van der Waals surface area contributed by atoms with Crippen molar-refractivity contribution < 1.29 is 38.1 Å². The summed E-state index contributed by atoms with van der Waals surface area (Å²) in [7, 11) is 2.45. The van der Waals surface area contributed by atoms with Gasteiger partial charge in [0.15, 0.2) is 0 Å². The Balaban J connectivity index is 1.85. The van der Waals surface area contributed by atoms with Crippen molar-refractivity contribution in [2.24, 2.45) is 11.8 Å². The van der Waals surface area contributed by atoms with Crippen LogP contribution in [0.4, 0.5) is 0 Å². The molecule has 5 atom stereocenters. The predicted molar refractivity (Wildman–Crippen MR) is 114 cm³/mol. The van der Waals surface area contributed by atoms with Crippen molar-refractivity contribution in [3.05, 3.63) is 47.2 Å². The smallest absolute Gasteiger partial charge is 0.348 e. The summed E-state index contributed by atoms with van der Waals surface area (Å²) in [5.41, 5.74) is -0.688. The van der Waals surface area contributed by atoms with Crippen LogP contribution < -0.4 is 0 Å². The van der Waals surface area contributed by atoms with Crippen molar-refractivity contribution in [1.29, 1.82) is 0 Å². The number of allylic oxidation sites excluding steroid dienone is 1. The largest absolute Gasteiger partial charge is 0.466 e. The molecule has 4 aliphatic heterocycles. The van der Waals surface area contributed by atoms with Crippen LogP contribution in [0.5, 0.6) is 0 Å². The molecule has 4 aliphatic rings. The Labute approximate surface area is 196 Å². The lowest BCUT2D eigenvalue weighted by atomic mass is 9.69. The third-order valence-electron chi connectivity index (χ3n) is 7.49. The summed E-state index contributed by atoms with van der Waals surface area (Å²) in [5, 5.41) is 0. The van der Waals surface area contributed by atoms with Gasteiger partial charge >= 0.3 is 17.9 Å². The number of carbonyl (C=O) groups excluding carboxylic acids is 4. The topological polar surface area (TPSA) is 112 Å². The van der Waals surface area contributed by atoms with Gasteiger partial charge in [0.1, 0.15) is 5.92 Å². The van der Waals surface area contributed by atoms with Crippen LogP contribution in [0.3, 0.4) is 0 Å². The first kappa shape index (κ1) is 22.4. The number of cyclic esters (lactones) is 1. The summed E-state index contributed by atoms with van der Waals surface area (Å²) in [5.74, 6) is -6.08. The Morgan fingerprint density at radius 1 is 1.15 bits per heavy atom. The number of fused-ring (bicyclic) bond motifs is 3. The number of hydrogen-bond acceptors (Lipinski definition) is 9. The minimum Gasteiger partial charge on any atom is -0.466 e. The Bertz CT molecular complexity index is 1120. The lowest BCUT2D eigenvalue weighted by molar-refractivity contribution is -0.230. The van der Waals surface area contributed by atoms with E-state index in [1.165, 1.54) is 19.1 Å². The standard InChI is InChI=1S/C24H26N2O8/c1-5-25-13(2)16(19(27)31-3)18(14-9-7-6-8-10-14)26-21(29)23(22(30)32-4)15-11-12-33-20(28)17(15)24(25,26)34-23/h6-10,15,17-18H,5,11-12H2,1-4H3/t15-,17-,18+,23-,24-/m1/s1. The number of rotatable bonds is 4. The van der Waals surface area contributed by atoms with Gasteiger partial charge in [0.2, 0.25) is 5.85 Å². The molecule has 3 saturated heterocycles. The van der Waals surface area contributed by atoms with E-state index >= 15 is 0 Å². The van der Waals surface area contributed by atoms with Gasteiger partial charge in [-0.15, -0.1) is 0 Å². The Morgan fingerprint density at radius 3 is 2.47 bits per heavy atom. The average molecular weight is 470 g/mol. The van der Waals surface area contributed by atoms with Gasteiger partial charge in [0.25, 0.3) is 11.5 Å². The summed E-state index contributed by atoms with van der Waals surface area (Å²) in [4.78, 5) is 56.8. The number of carbonyl (C=O) groups is 4. The number of piperidine rings is 1. The van der Waals surface area contributed by atoms with E-state index in [2.05, 4.69) is 0 Å². The van der Waals surface area contributed by atoms with Gasteiger partial charge in [-0.1, -0.05) is 30.3 Å². The second kappa shape index (κ2) is 7.56. The number of methoxy groups -OCH3 is 2. The zero-order valence-electron chi connectivity index (χ0n) is 19.4. The minimum atomic E-state index is -2.02. The quantitative estimate of drug-likeness (QED) is 0.363. The van der Waals surface area contributed by atoms with E-state index in [1.54, 1.807) is 36.1 Å². The van der Waals surface area contributed by atoms with Crippen LogP contribution in [-0.2, 0) is 38.1 Å². The molecular weight excluding hydrogens is 444 g/mol. The van der Waals surface area contributed by atoms with E-state index in [1.807, 2.05) is 13.0 Å². The maximum atomic E-state index is 14.2. The van der Waals surface area contributed by atoms with Gasteiger partial charge < -0.3 is 23.8 Å². The molecule has 34 heavy (non-hydrogen) atoms. The zero-order valence-corrected chi connectivity index (χ0v) is 19.4. The number of hydrogen-bond donors (Lipinski definition) is 0. The molecule has 2 bridgehead atoms. The highest BCUT2D eigenvalue weighted by Crippen LogP contribution is 2.65. The molecule has 3 fully saturated rings. The number of benzene rings is 1. The molecule has 10 heteroatoms. The van der Waals surface area contributed by atoms with Crippen molar-refractivity contribution in [3.63, 3.8) is 0 Å². The van der Waals surface area contributed by atoms with Crippen LogP contribution in [0, 0.1) is 11.8 Å². The monoisotopic (exact) mass is 470 g/mol. The highest BCUT2D eigenvalue weighted by atomic mass is 16.6. The SMILES string of the molecule is CCN1C(C)=C(C(=O)OC)[C@H](c2ccccc2)N2C(=O)[C@]3(C(=O)OC)O[C@]12[C@H]1C(=O)OCC[C@H]13. The molecule has 1 amide bonds. The molecule has 0 unspecified atom stereocenters. The minimum absolute atomic E-state index is 0.0714. The second-order valence-corrected chi connectivity index (χ2v) is 8.75. The van der Waals surface area contributed by atoms with Crippen molar-refractivity contribution in [3.8, 4) is 0 Å². The molecule has 1 aromatic rings. The van der Waals surface area contributed by atoms with E-state index in [9.17, 15) is 19.2 Å². The predicted octanol–water partition coefficient (Wildman–Crippen LogP) is 1.13. The number of esters is 3. The van der Waals surface area contributed by atoms with Crippen LogP contribution in [0.1, 0.15) is 31.9 Å². The van der Waals surface area contributed by atoms with Crippen LogP contribution >= 0.6 is 0 Å². The van der Waals surface area contributed by atoms with E-state index in [4.69, 9.17) is 18.9 Å². The fraction of sp³-hybridized carbons (Fsp3) is 0.500. The van der Waals surface area contributed by atoms with E-state index in [0.717, 1.165) is 0 Å². The average Bonchev–Trinajstić information content (AvgIpc) is 3.30. The van der Waals surface area contributed by atoms with E-state index in [-0.39, 0.29) is 25.1 Å². The number of amides is 1. The number of ether oxygens (including phenoxy) is 4. The summed E-state index contributed by atoms with van der Waals surface area (Å²) >= 11 is 0. The van der Waals surface area contributed by atoms with Crippen molar-refractivity contribution >= 4 is 23.8 Å². The summed E-state index contributed by atoms with van der Waals surface area (Å²) in [6.45, 7) is 3.90. The van der Waals surface area contributed by atoms with Crippen molar-refractivity contribution in [2.75, 3.05) is 27.4 Å². The Kier molecular flexibility index (Phi) is 4.98. The summed E-state index contributed by atoms with van der Waals surface area (Å²) in [6.07, 6.45) is 0.271. The lowest BCUT2D eigenvalue weighted by Gasteiger charge is -2.56. The summed E-state index contributed by atoms with van der Waals surface area (Å²) in [6, 6.07) is 7.98. The maximum absolute atomic E-state index is 14.2. The molecule has 10 nitrogen and oxygen atoms in total. The summed E-state index contributed by atoms with van der Waals surface area (Å²) < 4.78 is 22.0. The van der Waals surface area contributed by atoms with Crippen molar-refractivity contribution in [1.82, 2.24) is 9.80 Å². The first-order valence-corrected chi connectivity index (χ1v) is 11.2. The second-order valence-electron chi connectivity index (χ2n) is 8.75. The third-order valence-corrected chi connectivity index (χ3v) is 7.49. The molecule has 5 rings (SSSR count). The molecule has 1 aromatic carbocycles. The Hall–Kier alpha value is -3.40. The first-order chi connectivity index (χ1) is 16.3. The van der Waals surface area contributed by atoms with Crippen LogP contribution in [-0.4, -0.2) is 72.4 Å². The molecule has 0 aliphatic carbocycles. The van der Waals surface area contributed by atoms with Crippen LogP contribution in [0.15, 0.2) is 41.6 Å². The lowest BCUT2D eigenvalue weighted by Crippen LogP contribution is -2.72. The van der Waals surface area contributed by atoms with Crippen LogP contribution in [0.25, 0.3) is 0 Å². The van der Waals surface area contributed by atoms with Gasteiger partial charge in [-0.3, -0.25) is 14.5 Å². The zero-order chi connectivity index (χ0) is 24.4.